The predicted molar refractivity (Wildman–Crippen MR) is 69.1 cm³/mol. The van der Waals surface area contributed by atoms with E-state index in [2.05, 4.69) is 17.2 Å². The number of aryl methyl sites for hydroxylation is 1. The summed E-state index contributed by atoms with van der Waals surface area (Å²) in [5.74, 6) is 0.829. The summed E-state index contributed by atoms with van der Waals surface area (Å²) in [4.78, 5) is 12.7. The Labute approximate surface area is 108 Å². The van der Waals surface area contributed by atoms with E-state index in [1.54, 1.807) is 10.9 Å². The molecule has 0 aliphatic heterocycles. The van der Waals surface area contributed by atoms with Crippen molar-refractivity contribution < 1.29 is 4.79 Å². The van der Waals surface area contributed by atoms with Gasteiger partial charge in [-0.25, -0.2) is 4.68 Å². The highest BCUT2D eigenvalue weighted by molar-refractivity contribution is 5.99. The average Bonchev–Trinajstić information content (AvgIpc) is 2.87. The van der Waals surface area contributed by atoms with Crippen molar-refractivity contribution in [3.8, 4) is 0 Å². The van der Waals surface area contributed by atoms with Gasteiger partial charge in [0.05, 0.1) is 6.20 Å². The van der Waals surface area contributed by atoms with E-state index in [0.717, 1.165) is 25.7 Å². The molecule has 5 nitrogen and oxygen atoms in total. The molecule has 1 fully saturated rings. The van der Waals surface area contributed by atoms with Gasteiger partial charge in [0.2, 0.25) is 0 Å². The number of hydrogen-bond donors (Lipinski definition) is 1. The van der Waals surface area contributed by atoms with Crippen LogP contribution in [0, 0.1) is 11.3 Å². The van der Waals surface area contributed by atoms with Gasteiger partial charge in [-0.3, -0.25) is 4.79 Å². The Balaban J connectivity index is 2.25. The molecule has 1 aliphatic carbocycles. The molecule has 1 saturated carbocycles. The lowest BCUT2D eigenvalue weighted by Crippen LogP contribution is -2.42. The maximum Gasteiger partial charge on any atom is 0.189 e. The summed E-state index contributed by atoms with van der Waals surface area (Å²) in [6.07, 6.45) is 5.51. The van der Waals surface area contributed by atoms with Gasteiger partial charge in [0, 0.05) is 18.5 Å². The number of hydrogen-bond acceptors (Lipinski definition) is 4. The lowest BCUT2D eigenvalue weighted by molar-refractivity contribution is 0.0683. The van der Waals surface area contributed by atoms with Gasteiger partial charge in [-0.2, -0.15) is 0 Å². The quantitative estimate of drug-likeness (QED) is 0.824. The normalized spacial score (nSPS) is 28.3. The van der Waals surface area contributed by atoms with Gasteiger partial charge in [-0.05, 0) is 38.5 Å². The summed E-state index contributed by atoms with van der Waals surface area (Å²) in [7, 11) is 0. The van der Waals surface area contributed by atoms with Gasteiger partial charge in [0.25, 0.3) is 0 Å². The maximum absolute atomic E-state index is 12.7. The highest BCUT2D eigenvalue weighted by atomic mass is 16.1. The predicted octanol–water partition coefficient (Wildman–Crippen LogP) is 1.64. The number of nitrogens with zero attached hydrogens (tertiary/aromatic N) is 3. The van der Waals surface area contributed by atoms with Gasteiger partial charge < -0.3 is 5.73 Å². The van der Waals surface area contributed by atoms with Crippen LogP contribution in [-0.2, 0) is 6.54 Å². The van der Waals surface area contributed by atoms with Crippen LogP contribution >= 0.6 is 0 Å². The number of Topliss-reactive ketones (excluding diaryl/α,β-unsaturated/α-hetero) is 1. The van der Waals surface area contributed by atoms with E-state index in [0.29, 0.717) is 24.7 Å². The molecule has 1 aliphatic rings. The largest absolute Gasteiger partial charge is 0.329 e. The minimum absolute atomic E-state index is 0.128. The van der Waals surface area contributed by atoms with Gasteiger partial charge in [-0.1, -0.05) is 12.1 Å². The lowest BCUT2D eigenvalue weighted by atomic mass is 9.68. The first-order valence-electron chi connectivity index (χ1n) is 6.76. The molecule has 0 radical (unpaired) electrons. The van der Waals surface area contributed by atoms with E-state index in [4.69, 9.17) is 5.73 Å². The third kappa shape index (κ3) is 2.19. The highest BCUT2D eigenvalue weighted by Gasteiger charge is 2.41. The van der Waals surface area contributed by atoms with E-state index in [1.165, 1.54) is 0 Å². The smallest absolute Gasteiger partial charge is 0.189 e. The van der Waals surface area contributed by atoms with Crippen molar-refractivity contribution in [1.82, 2.24) is 15.0 Å². The number of carbonyl (C=O) groups excluding carboxylic acids is 1. The summed E-state index contributed by atoms with van der Waals surface area (Å²) in [6.45, 7) is 5.29. The van der Waals surface area contributed by atoms with Gasteiger partial charge in [0.1, 0.15) is 5.69 Å². The molecule has 0 bridgehead atoms. The molecule has 1 heterocycles. The summed E-state index contributed by atoms with van der Waals surface area (Å²) in [5, 5.41) is 7.78. The minimum Gasteiger partial charge on any atom is -0.329 e. The number of aromatic nitrogens is 3. The van der Waals surface area contributed by atoms with E-state index in [-0.39, 0.29) is 11.2 Å². The van der Waals surface area contributed by atoms with E-state index < -0.39 is 0 Å². The SMILES string of the molecule is CCn1nncc1C(=O)C1(CN)CCC(C)CC1. The Morgan fingerprint density at radius 3 is 2.78 bits per heavy atom. The van der Waals surface area contributed by atoms with Crippen molar-refractivity contribution in [2.24, 2.45) is 17.1 Å². The van der Waals surface area contributed by atoms with Crippen molar-refractivity contribution in [2.45, 2.75) is 46.1 Å². The third-order valence-corrected chi connectivity index (χ3v) is 4.25. The minimum atomic E-state index is -0.388. The highest BCUT2D eigenvalue weighted by Crippen LogP contribution is 2.40. The van der Waals surface area contributed by atoms with Crippen LogP contribution in [0.4, 0.5) is 0 Å². The fourth-order valence-electron chi connectivity index (χ4n) is 2.78. The second-order valence-electron chi connectivity index (χ2n) is 5.43. The number of ketones is 1. The molecule has 2 N–H and O–H groups in total. The first-order chi connectivity index (χ1) is 8.63. The van der Waals surface area contributed by atoms with Crippen LogP contribution in [0.5, 0.6) is 0 Å². The molecule has 18 heavy (non-hydrogen) atoms. The molecule has 1 aromatic heterocycles. The summed E-state index contributed by atoms with van der Waals surface area (Å²) in [6, 6.07) is 0. The van der Waals surface area contributed by atoms with Crippen LogP contribution in [0.25, 0.3) is 0 Å². The molecule has 100 valence electrons. The molecular formula is C13H22N4O. The zero-order valence-corrected chi connectivity index (χ0v) is 11.2. The molecule has 0 amide bonds. The molecule has 0 saturated heterocycles. The zero-order valence-electron chi connectivity index (χ0n) is 11.2. The zero-order chi connectivity index (χ0) is 13.2. The summed E-state index contributed by atoms with van der Waals surface area (Å²) in [5.41, 5.74) is 6.13. The lowest BCUT2D eigenvalue weighted by Gasteiger charge is -2.37. The molecule has 0 aromatic carbocycles. The third-order valence-electron chi connectivity index (χ3n) is 4.25. The fraction of sp³-hybridized carbons (Fsp3) is 0.769. The van der Waals surface area contributed by atoms with Crippen molar-refractivity contribution in [3.63, 3.8) is 0 Å². The van der Waals surface area contributed by atoms with Gasteiger partial charge in [0.15, 0.2) is 5.78 Å². The number of rotatable bonds is 4. The number of carbonyl (C=O) groups is 1. The molecule has 1 aromatic rings. The molecule has 0 atom stereocenters. The van der Waals surface area contributed by atoms with Crippen LogP contribution in [-0.4, -0.2) is 27.3 Å². The van der Waals surface area contributed by atoms with Crippen LogP contribution in [0.2, 0.25) is 0 Å². The number of nitrogens with two attached hydrogens (primary N) is 1. The molecule has 2 rings (SSSR count). The van der Waals surface area contributed by atoms with Crippen LogP contribution in [0.15, 0.2) is 6.20 Å². The van der Waals surface area contributed by atoms with Crippen LogP contribution in [0.3, 0.4) is 0 Å². The second kappa shape index (κ2) is 5.18. The first-order valence-corrected chi connectivity index (χ1v) is 6.76. The van der Waals surface area contributed by atoms with E-state index in [9.17, 15) is 4.79 Å². The topological polar surface area (TPSA) is 73.8 Å². The molecule has 5 heteroatoms. The van der Waals surface area contributed by atoms with Gasteiger partial charge >= 0.3 is 0 Å². The van der Waals surface area contributed by atoms with E-state index >= 15 is 0 Å². The van der Waals surface area contributed by atoms with Crippen molar-refractivity contribution >= 4 is 5.78 Å². The van der Waals surface area contributed by atoms with E-state index in [1.807, 2.05) is 6.92 Å². The van der Waals surface area contributed by atoms with Crippen molar-refractivity contribution in [1.29, 1.82) is 0 Å². The summed E-state index contributed by atoms with van der Waals surface area (Å²) < 4.78 is 1.66. The monoisotopic (exact) mass is 250 g/mol. The van der Waals surface area contributed by atoms with Crippen LogP contribution < -0.4 is 5.73 Å². The second-order valence-corrected chi connectivity index (χ2v) is 5.43. The fourth-order valence-corrected chi connectivity index (χ4v) is 2.78. The maximum atomic E-state index is 12.7. The Bertz CT molecular complexity index is 418. The van der Waals surface area contributed by atoms with Crippen molar-refractivity contribution in [2.75, 3.05) is 6.54 Å². The average molecular weight is 250 g/mol. The van der Waals surface area contributed by atoms with Crippen LogP contribution in [0.1, 0.15) is 50.0 Å². The summed E-state index contributed by atoms with van der Waals surface area (Å²) >= 11 is 0. The Morgan fingerprint density at radius 2 is 2.22 bits per heavy atom. The standard InChI is InChI=1S/C13H22N4O/c1-3-17-11(8-15-16-17)12(18)13(9-14)6-4-10(2)5-7-13/h8,10H,3-7,9,14H2,1-2H3. The molecule has 0 unspecified atom stereocenters. The Morgan fingerprint density at radius 1 is 1.56 bits per heavy atom. The molecule has 0 spiro atoms. The Kier molecular flexibility index (Phi) is 3.80. The van der Waals surface area contributed by atoms with Gasteiger partial charge in [-0.15, -0.1) is 5.10 Å². The Hall–Kier alpha value is -1.23. The molecular weight excluding hydrogens is 228 g/mol. The van der Waals surface area contributed by atoms with Crippen molar-refractivity contribution in [3.05, 3.63) is 11.9 Å². The first kappa shape index (κ1) is 13.2.